The number of rotatable bonds is 4. The van der Waals surface area contributed by atoms with Gasteiger partial charge in [-0.25, -0.2) is 8.78 Å². The van der Waals surface area contributed by atoms with Crippen LogP contribution in [0.25, 0.3) is 0 Å². The minimum absolute atomic E-state index is 0.000119. The molecule has 1 saturated carbocycles. The minimum Gasteiger partial charge on any atom is -0.387 e. The normalized spacial score (nSPS) is 22.8. The van der Waals surface area contributed by atoms with Crippen molar-refractivity contribution < 1.29 is 31.9 Å². The van der Waals surface area contributed by atoms with Crippen molar-refractivity contribution in [3.63, 3.8) is 0 Å². The van der Waals surface area contributed by atoms with Crippen LogP contribution in [0.15, 0.2) is 36.4 Å². The van der Waals surface area contributed by atoms with E-state index in [2.05, 4.69) is 5.32 Å². The van der Waals surface area contributed by atoms with Crippen molar-refractivity contribution in [2.75, 3.05) is 0 Å². The quantitative estimate of drug-likeness (QED) is 0.505. The second kappa shape index (κ2) is 8.92. The fourth-order valence-corrected chi connectivity index (χ4v) is 4.31. The molecule has 0 spiro atoms. The summed E-state index contributed by atoms with van der Waals surface area (Å²) in [5.41, 5.74) is -3.34. The van der Waals surface area contributed by atoms with Crippen LogP contribution in [0.2, 0.25) is 10.0 Å². The average molecular weight is 482 g/mol. The topological polar surface area (TPSA) is 49.3 Å². The SMILES string of the molecule is O=C(NC(c1cccc(F)c1Cl)C1(O)CCC(F)CC1)c1cccc(C(F)(F)F)c1Cl. The number of hydrogen-bond acceptors (Lipinski definition) is 2. The average Bonchev–Trinajstić information content (AvgIpc) is 2.70. The van der Waals surface area contributed by atoms with E-state index in [0.717, 1.165) is 24.3 Å². The number of benzene rings is 2. The maximum atomic E-state index is 14.1. The summed E-state index contributed by atoms with van der Waals surface area (Å²) in [6.07, 6.45) is -6.06. The van der Waals surface area contributed by atoms with E-state index in [0.29, 0.717) is 0 Å². The molecule has 3 nitrogen and oxygen atoms in total. The monoisotopic (exact) mass is 481 g/mol. The summed E-state index contributed by atoms with van der Waals surface area (Å²) < 4.78 is 67.2. The number of amides is 1. The van der Waals surface area contributed by atoms with Crippen LogP contribution in [0.5, 0.6) is 0 Å². The van der Waals surface area contributed by atoms with Gasteiger partial charge in [0.05, 0.1) is 32.8 Å². The molecular formula is C21H18Cl2F5NO2. The third-order valence-corrected chi connectivity index (χ3v) is 6.24. The third-order valence-electron chi connectivity index (χ3n) is 5.43. The molecule has 31 heavy (non-hydrogen) atoms. The Morgan fingerprint density at radius 1 is 1.10 bits per heavy atom. The summed E-state index contributed by atoms with van der Waals surface area (Å²) in [5.74, 6) is -1.82. The van der Waals surface area contributed by atoms with Crippen molar-refractivity contribution in [2.45, 2.75) is 49.7 Å². The van der Waals surface area contributed by atoms with Crippen molar-refractivity contribution in [3.05, 3.63) is 69.0 Å². The molecule has 0 radical (unpaired) electrons. The van der Waals surface area contributed by atoms with Crippen LogP contribution < -0.4 is 5.32 Å². The molecule has 0 heterocycles. The van der Waals surface area contributed by atoms with Gasteiger partial charge < -0.3 is 10.4 Å². The first-order chi connectivity index (χ1) is 14.4. The second-order valence-corrected chi connectivity index (χ2v) is 8.25. The predicted octanol–water partition coefficient (Wildman–Crippen LogP) is 6.27. The number of halogens is 7. The van der Waals surface area contributed by atoms with Crippen LogP contribution in [-0.2, 0) is 6.18 Å². The van der Waals surface area contributed by atoms with E-state index >= 15 is 0 Å². The van der Waals surface area contributed by atoms with Crippen molar-refractivity contribution in [3.8, 4) is 0 Å². The van der Waals surface area contributed by atoms with Gasteiger partial charge in [-0.2, -0.15) is 13.2 Å². The summed E-state index contributed by atoms with van der Waals surface area (Å²) in [6.45, 7) is 0. The van der Waals surface area contributed by atoms with E-state index in [1.807, 2.05) is 0 Å². The summed E-state index contributed by atoms with van der Waals surface area (Å²) in [7, 11) is 0. The molecular weight excluding hydrogens is 464 g/mol. The van der Waals surface area contributed by atoms with Crippen molar-refractivity contribution >= 4 is 29.1 Å². The maximum Gasteiger partial charge on any atom is 0.417 e. The van der Waals surface area contributed by atoms with Crippen molar-refractivity contribution in [1.29, 1.82) is 0 Å². The van der Waals surface area contributed by atoms with Gasteiger partial charge in [0.1, 0.15) is 12.0 Å². The zero-order valence-corrected chi connectivity index (χ0v) is 17.5. The summed E-state index contributed by atoms with van der Waals surface area (Å²) in [4.78, 5) is 12.9. The first kappa shape index (κ1) is 23.8. The van der Waals surface area contributed by atoms with Crippen LogP contribution in [0.1, 0.15) is 53.2 Å². The van der Waals surface area contributed by atoms with Crippen LogP contribution in [0.4, 0.5) is 22.0 Å². The van der Waals surface area contributed by atoms with Gasteiger partial charge in [0, 0.05) is 0 Å². The summed E-state index contributed by atoms with van der Waals surface area (Å²) in [6, 6.07) is 5.32. The highest BCUT2D eigenvalue weighted by molar-refractivity contribution is 6.34. The molecule has 2 aromatic rings. The van der Waals surface area contributed by atoms with Crippen LogP contribution in [0.3, 0.4) is 0 Å². The van der Waals surface area contributed by atoms with Gasteiger partial charge in [-0.05, 0) is 49.4 Å². The molecule has 1 aliphatic rings. The fraction of sp³-hybridized carbons (Fsp3) is 0.381. The number of alkyl halides is 4. The van der Waals surface area contributed by atoms with Gasteiger partial charge in [-0.3, -0.25) is 4.79 Å². The molecule has 1 amide bonds. The molecule has 1 unspecified atom stereocenters. The first-order valence-corrected chi connectivity index (χ1v) is 10.2. The summed E-state index contributed by atoms with van der Waals surface area (Å²) >= 11 is 11.9. The lowest BCUT2D eigenvalue weighted by molar-refractivity contribution is -0.137. The summed E-state index contributed by atoms with van der Waals surface area (Å²) in [5, 5.41) is 12.5. The Morgan fingerprint density at radius 3 is 2.32 bits per heavy atom. The Morgan fingerprint density at radius 2 is 1.71 bits per heavy atom. The Labute approximate surface area is 185 Å². The molecule has 0 aromatic heterocycles. The Hall–Kier alpha value is -1.90. The molecule has 2 N–H and O–H groups in total. The highest BCUT2D eigenvalue weighted by Gasteiger charge is 2.43. The van der Waals surface area contributed by atoms with Gasteiger partial charge in [0.15, 0.2) is 0 Å². The van der Waals surface area contributed by atoms with E-state index in [1.165, 1.54) is 12.1 Å². The van der Waals surface area contributed by atoms with Gasteiger partial charge >= 0.3 is 6.18 Å². The highest BCUT2D eigenvalue weighted by atomic mass is 35.5. The molecule has 2 aromatic carbocycles. The number of hydrogen-bond donors (Lipinski definition) is 2. The third kappa shape index (κ3) is 4.96. The van der Waals surface area contributed by atoms with Crippen molar-refractivity contribution in [2.24, 2.45) is 0 Å². The van der Waals surface area contributed by atoms with Crippen LogP contribution in [-0.4, -0.2) is 22.8 Å². The fourth-order valence-electron chi connectivity index (χ4n) is 3.75. The van der Waals surface area contributed by atoms with E-state index in [9.17, 15) is 31.9 Å². The van der Waals surface area contributed by atoms with E-state index in [-0.39, 0.29) is 36.3 Å². The highest BCUT2D eigenvalue weighted by Crippen LogP contribution is 2.42. The number of aliphatic hydroxyl groups is 1. The molecule has 1 aliphatic carbocycles. The molecule has 10 heteroatoms. The standard InChI is InChI=1S/C21H18Cl2F5NO2/c22-16-13(4-1-5-14(16)21(26,27)28)19(30)29-18(12-3-2-6-15(25)17(12)23)20(31)9-7-11(24)8-10-20/h1-6,11,18,31H,7-10H2,(H,29,30). The molecule has 1 fully saturated rings. The Bertz CT molecular complexity index is 975. The van der Waals surface area contributed by atoms with Gasteiger partial charge in [0.25, 0.3) is 5.91 Å². The lowest BCUT2D eigenvalue weighted by Gasteiger charge is -2.41. The molecule has 3 rings (SSSR count). The second-order valence-electron chi connectivity index (χ2n) is 7.49. The molecule has 0 bridgehead atoms. The largest absolute Gasteiger partial charge is 0.417 e. The van der Waals surface area contributed by atoms with E-state index in [4.69, 9.17) is 23.2 Å². The van der Waals surface area contributed by atoms with E-state index < -0.39 is 51.9 Å². The molecule has 0 saturated heterocycles. The van der Waals surface area contributed by atoms with E-state index in [1.54, 1.807) is 0 Å². The minimum atomic E-state index is -4.78. The van der Waals surface area contributed by atoms with Crippen LogP contribution in [0, 0.1) is 5.82 Å². The Balaban J connectivity index is 2.02. The lowest BCUT2D eigenvalue weighted by atomic mass is 9.76. The smallest absolute Gasteiger partial charge is 0.387 e. The van der Waals surface area contributed by atoms with Gasteiger partial charge in [0.2, 0.25) is 0 Å². The van der Waals surface area contributed by atoms with Gasteiger partial charge in [-0.1, -0.05) is 41.4 Å². The maximum absolute atomic E-state index is 14.1. The number of nitrogens with one attached hydrogen (secondary N) is 1. The molecule has 1 atom stereocenters. The molecule has 0 aliphatic heterocycles. The number of carbonyl (C=O) groups is 1. The Kier molecular flexibility index (Phi) is 6.84. The molecule has 168 valence electrons. The van der Waals surface area contributed by atoms with Gasteiger partial charge in [-0.15, -0.1) is 0 Å². The zero-order chi connectivity index (χ0) is 23.0. The van der Waals surface area contributed by atoms with Crippen molar-refractivity contribution in [1.82, 2.24) is 5.32 Å². The zero-order valence-electron chi connectivity index (χ0n) is 15.9. The number of carbonyl (C=O) groups excluding carboxylic acids is 1. The van der Waals surface area contributed by atoms with Crippen LogP contribution >= 0.6 is 23.2 Å². The first-order valence-electron chi connectivity index (χ1n) is 9.41. The lowest BCUT2D eigenvalue weighted by Crippen LogP contribution is -2.48. The predicted molar refractivity (Wildman–Crippen MR) is 106 cm³/mol.